The van der Waals surface area contributed by atoms with Crippen LogP contribution in [-0.4, -0.2) is 13.1 Å². The largest absolute Gasteiger partial charge is 0.465 e. The summed E-state index contributed by atoms with van der Waals surface area (Å²) in [6.07, 6.45) is 4.13. The Bertz CT molecular complexity index is 481. The summed E-state index contributed by atoms with van der Waals surface area (Å²) >= 11 is 0. The summed E-state index contributed by atoms with van der Waals surface area (Å²) in [5.74, 6) is -1.39. The summed E-state index contributed by atoms with van der Waals surface area (Å²) in [7, 11) is 1.19. The normalized spacial score (nSPS) is 11.8. The molecule has 1 rings (SSSR count). The fourth-order valence-electron chi connectivity index (χ4n) is 1.32. The summed E-state index contributed by atoms with van der Waals surface area (Å²) < 4.78 is 18.0. The lowest BCUT2D eigenvalue weighted by atomic mass is 10.0. The Balaban J connectivity index is 3.16. The molecule has 17 heavy (non-hydrogen) atoms. The van der Waals surface area contributed by atoms with Crippen LogP contribution in [-0.2, 0) is 4.74 Å². The third-order valence-corrected chi connectivity index (χ3v) is 2.16. The molecule has 4 N–H and O–H groups in total. The molecule has 90 valence electrons. The molecule has 0 aliphatic heterocycles. The SMILES string of the molecule is COC(=O)c1ccc(C(/C=C\N)=C/N)cc1F. The van der Waals surface area contributed by atoms with Crippen LogP contribution in [0.5, 0.6) is 0 Å². The van der Waals surface area contributed by atoms with E-state index in [1.807, 2.05) is 0 Å². The van der Waals surface area contributed by atoms with Gasteiger partial charge in [-0.2, -0.15) is 0 Å². The lowest BCUT2D eigenvalue weighted by Gasteiger charge is -2.05. The van der Waals surface area contributed by atoms with Crippen molar-refractivity contribution in [2.24, 2.45) is 11.5 Å². The van der Waals surface area contributed by atoms with E-state index in [4.69, 9.17) is 11.5 Å². The highest BCUT2D eigenvalue weighted by Crippen LogP contribution is 2.18. The fraction of sp³-hybridized carbons (Fsp3) is 0.0833. The van der Waals surface area contributed by atoms with Gasteiger partial charge in [-0.3, -0.25) is 0 Å². The van der Waals surface area contributed by atoms with Crippen molar-refractivity contribution in [1.29, 1.82) is 0 Å². The number of allylic oxidation sites excluding steroid dienone is 2. The second-order valence-electron chi connectivity index (χ2n) is 3.17. The average molecular weight is 236 g/mol. The summed E-state index contributed by atoms with van der Waals surface area (Å²) in [5.41, 5.74) is 11.6. The first kappa shape index (κ1) is 12.8. The van der Waals surface area contributed by atoms with E-state index in [0.717, 1.165) is 0 Å². The molecule has 0 radical (unpaired) electrons. The van der Waals surface area contributed by atoms with Gasteiger partial charge in [-0.1, -0.05) is 6.07 Å². The fourth-order valence-corrected chi connectivity index (χ4v) is 1.32. The summed E-state index contributed by atoms with van der Waals surface area (Å²) in [5, 5.41) is 0. The van der Waals surface area contributed by atoms with E-state index in [1.54, 1.807) is 6.07 Å². The van der Waals surface area contributed by atoms with Crippen LogP contribution in [0.2, 0.25) is 0 Å². The number of carbonyl (C=O) groups excluding carboxylic acids is 1. The molecule has 0 saturated carbocycles. The number of hydrogen-bond donors (Lipinski definition) is 2. The first-order chi connectivity index (χ1) is 8.13. The Morgan fingerprint density at radius 3 is 2.59 bits per heavy atom. The van der Waals surface area contributed by atoms with E-state index in [2.05, 4.69) is 4.74 Å². The van der Waals surface area contributed by atoms with Gasteiger partial charge < -0.3 is 16.2 Å². The van der Waals surface area contributed by atoms with Crippen LogP contribution >= 0.6 is 0 Å². The molecule has 0 unspecified atom stereocenters. The number of benzene rings is 1. The Kier molecular flexibility index (Phi) is 4.28. The Hall–Kier alpha value is -2.30. The molecule has 0 amide bonds. The molecule has 0 aliphatic carbocycles. The first-order valence-corrected chi connectivity index (χ1v) is 4.82. The topological polar surface area (TPSA) is 78.3 Å². The van der Waals surface area contributed by atoms with Crippen molar-refractivity contribution >= 4 is 11.5 Å². The van der Waals surface area contributed by atoms with E-state index in [9.17, 15) is 9.18 Å². The maximum Gasteiger partial charge on any atom is 0.340 e. The summed E-state index contributed by atoms with van der Waals surface area (Å²) in [6.45, 7) is 0. The molecule has 4 nitrogen and oxygen atoms in total. The van der Waals surface area contributed by atoms with Crippen LogP contribution in [0, 0.1) is 5.82 Å². The van der Waals surface area contributed by atoms with Gasteiger partial charge in [0.05, 0.1) is 12.7 Å². The highest BCUT2D eigenvalue weighted by atomic mass is 19.1. The zero-order chi connectivity index (χ0) is 12.8. The second kappa shape index (κ2) is 5.69. The van der Waals surface area contributed by atoms with Gasteiger partial charge in [-0.15, -0.1) is 0 Å². The van der Waals surface area contributed by atoms with Gasteiger partial charge >= 0.3 is 5.97 Å². The van der Waals surface area contributed by atoms with Gasteiger partial charge in [0, 0.05) is 6.20 Å². The molecule has 0 aliphatic rings. The molecular weight excluding hydrogens is 223 g/mol. The lowest BCUT2D eigenvalue weighted by molar-refractivity contribution is 0.0595. The monoisotopic (exact) mass is 236 g/mol. The highest BCUT2D eigenvalue weighted by Gasteiger charge is 2.12. The third-order valence-electron chi connectivity index (χ3n) is 2.16. The Morgan fingerprint density at radius 1 is 1.41 bits per heavy atom. The van der Waals surface area contributed by atoms with Gasteiger partial charge in [0.1, 0.15) is 5.82 Å². The first-order valence-electron chi connectivity index (χ1n) is 4.82. The van der Waals surface area contributed by atoms with Gasteiger partial charge in [-0.05, 0) is 35.5 Å². The van der Waals surface area contributed by atoms with E-state index >= 15 is 0 Å². The van der Waals surface area contributed by atoms with Crippen molar-refractivity contribution in [2.75, 3.05) is 7.11 Å². The van der Waals surface area contributed by atoms with Crippen LogP contribution in [0.15, 0.2) is 36.7 Å². The van der Waals surface area contributed by atoms with Crippen molar-refractivity contribution in [2.45, 2.75) is 0 Å². The van der Waals surface area contributed by atoms with Crippen LogP contribution in [0.1, 0.15) is 15.9 Å². The van der Waals surface area contributed by atoms with Crippen molar-refractivity contribution < 1.29 is 13.9 Å². The smallest absolute Gasteiger partial charge is 0.340 e. The van der Waals surface area contributed by atoms with Crippen molar-refractivity contribution in [1.82, 2.24) is 0 Å². The van der Waals surface area contributed by atoms with E-state index in [1.165, 1.54) is 37.7 Å². The average Bonchev–Trinajstić information content (AvgIpc) is 2.35. The Morgan fingerprint density at radius 2 is 2.12 bits per heavy atom. The zero-order valence-corrected chi connectivity index (χ0v) is 9.31. The minimum atomic E-state index is -0.721. The van der Waals surface area contributed by atoms with Gasteiger partial charge in [0.15, 0.2) is 0 Å². The van der Waals surface area contributed by atoms with Gasteiger partial charge in [0.25, 0.3) is 0 Å². The summed E-state index contributed by atoms with van der Waals surface area (Å²) in [4.78, 5) is 11.2. The molecule has 5 heteroatoms. The molecule has 1 aromatic carbocycles. The summed E-state index contributed by atoms with van der Waals surface area (Å²) in [6, 6.07) is 4.10. The number of methoxy groups -OCH3 is 1. The van der Waals surface area contributed by atoms with Crippen LogP contribution in [0.25, 0.3) is 5.57 Å². The quantitative estimate of drug-likeness (QED) is 0.614. The van der Waals surface area contributed by atoms with Crippen LogP contribution in [0.3, 0.4) is 0 Å². The zero-order valence-electron chi connectivity index (χ0n) is 9.31. The molecule has 0 heterocycles. The second-order valence-corrected chi connectivity index (χ2v) is 3.17. The maximum absolute atomic E-state index is 13.6. The minimum Gasteiger partial charge on any atom is -0.465 e. The molecule has 0 atom stereocenters. The molecule has 0 bridgehead atoms. The van der Waals surface area contributed by atoms with Gasteiger partial charge in [-0.25, -0.2) is 9.18 Å². The molecule has 1 aromatic rings. The highest BCUT2D eigenvalue weighted by molar-refractivity contribution is 5.90. The van der Waals surface area contributed by atoms with Gasteiger partial charge in [0.2, 0.25) is 0 Å². The third kappa shape index (κ3) is 2.84. The molecule has 0 saturated heterocycles. The molecule has 0 fully saturated rings. The van der Waals surface area contributed by atoms with Crippen molar-refractivity contribution in [3.05, 3.63) is 53.6 Å². The number of halogens is 1. The van der Waals surface area contributed by atoms with Crippen molar-refractivity contribution in [3.63, 3.8) is 0 Å². The molecular formula is C12H13FN2O2. The predicted octanol–water partition coefficient (Wildman–Crippen LogP) is 1.38. The standard InChI is InChI=1S/C12H13FN2O2/c1-17-12(16)10-3-2-8(6-11(10)13)9(7-15)4-5-14/h2-7H,14-15H2,1H3/b5-4-,9-7+. The predicted molar refractivity (Wildman–Crippen MR) is 63.2 cm³/mol. The van der Waals surface area contributed by atoms with E-state index in [-0.39, 0.29) is 5.56 Å². The van der Waals surface area contributed by atoms with E-state index < -0.39 is 11.8 Å². The van der Waals surface area contributed by atoms with Crippen LogP contribution < -0.4 is 11.5 Å². The number of hydrogen-bond acceptors (Lipinski definition) is 4. The van der Waals surface area contributed by atoms with Crippen LogP contribution in [0.4, 0.5) is 4.39 Å². The van der Waals surface area contributed by atoms with Crippen molar-refractivity contribution in [3.8, 4) is 0 Å². The van der Waals surface area contributed by atoms with E-state index in [0.29, 0.717) is 11.1 Å². The molecule has 0 spiro atoms. The lowest BCUT2D eigenvalue weighted by Crippen LogP contribution is -2.04. The number of esters is 1. The molecule has 0 aromatic heterocycles. The minimum absolute atomic E-state index is 0.121. The Labute approximate surface area is 98.4 Å². The number of carbonyl (C=O) groups is 1. The number of ether oxygens (including phenoxy) is 1. The maximum atomic E-state index is 13.6. The number of rotatable bonds is 3. The number of nitrogens with two attached hydrogens (primary N) is 2.